The molecule has 0 radical (unpaired) electrons. The normalized spacial score (nSPS) is 18.2. The first-order chi connectivity index (χ1) is 9.74. The van der Waals surface area contributed by atoms with Crippen LogP contribution in [0, 0.1) is 0 Å². The molecule has 9 heteroatoms. The molecule has 102 valence electrons. The van der Waals surface area contributed by atoms with Gasteiger partial charge < -0.3 is 9.84 Å². The zero-order valence-corrected chi connectivity index (χ0v) is 11.0. The third-order valence-corrected chi connectivity index (χ3v) is 3.66. The molecule has 1 aliphatic rings. The lowest BCUT2D eigenvalue weighted by molar-refractivity contribution is -0.112. The minimum atomic E-state index is -0.562. The predicted molar refractivity (Wildman–Crippen MR) is 68.7 cm³/mol. The van der Waals surface area contributed by atoms with E-state index in [1.807, 2.05) is 0 Å². The summed E-state index contributed by atoms with van der Waals surface area (Å²) < 4.78 is 4.87. The van der Waals surface area contributed by atoms with Crippen molar-refractivity contribution in [2.45, 2.75) is 12.5 Å². The summed E-state index contributed by atoms with van der Waals surface area (Å²) in [6.07, 6.45) is 5.07. The quantitative estimate of drug-likeness (QED) is 0.858. The summed E-state index contributed by atoms with van der Waals surface area (Å²) in [7, 11) is 0. The van der Waals surface area contributed by atoms with Crippen molar-refractivity contribution >= 4 is 22.8 Å². The minimum Gasteiger partial charge on any atom is -0.337 e. The molecule has 0 aromatic carbocycles. The largest absolute Gasteiger partial charge is 0.337 e. The third-order valence-electron chi connectivity index (χ3n) is 2.65. The van der Waals surface area contributed by atoms with E-state index in [-0.39, 0.29) is 16.8 Å². The highest BCUT2D eigenvalue weighted by Gasteiger charge is 2.29. The number of hydrogen-bond acceptors (Lipinski definition) is 8. The predicted octanol–water partition coefficient (Wildman–Crippen LogP) is 0.288. The van der Waals surface area contributed by atoms with Gasteiger partial charge in [-0.15, -0.1) is 0 Å². The molecule has 20 heavy (non-hydrogen) atoms. The van der Waals surface area contributed by atoms with Crippen LogP contribution in [-0.4, -0.2) is 42.9 Å². The van der Waals surface area contributed by atoms with E-state index >= 15 is 0 Å². The zero-order chi connectivity index (χ0) is 13.9. The van der Waals surface area contributed by atoms with Crippen molar-refractivity contribution in [2.75, 3.05) is 5.75 Å². The van der Waals surface area contributed by atoms with Gasteiger partial charge in [-0.05, 0) is 6.42 Å². The number of amides is 1. The van der Waals surface area contributed by atoms with E-state index < -0.39 is 11.9 Å². The molecule has 0 unspecified atom stereocenters. The molecule has 0 aliphatic carbocycles. The van der Waals surface area contributed by atoms with E-state index in [4.69, 9.17) is 4.52 Å². The summed E-state index contributed by atoms with van der Waals surface area (Å²) in [5.41, 5.74) is 0.405. The minimum absolute atomic E-state index is 0.0491. The molecule has 1 fully saturated rings. The van der Waals surface area contributed by atoms with Crippen molar-refractivity contribution in [3.8, 4) is 11.5 Å². The molecule has 1 saturated heterocycles. The van der Waals surface area contributed by atoms with Crippen LogP contribution < -0.4 is 5.32 Å². The van der Waals surface area contributed by atoms with Gasteiger partial charge in [0.25, 0.3) is 0 Å². The summed E-state index contributed by atoms with van der Waals surface area (Å²) >= 11 is 1.21. The first-order valence-electron chi connectivity index (χ1n) is 5.81. The standard InChI is InChI=1S/C11H9N5O3S/c17-9(14-6-1-4-20-11(6)18)10-15-8(16-19-10)7-5-12-2-3-13-7/h2-3,5-6H,1,4H2,(H,14,17)/t6-/m1/s1. The SMILES string of the molecule is O=C(N[C@@H]1CCSC1=O)c1nc(-c2cnccn2)no1. The number of carbonyl (C=O) groups excluding carboxylic acids is 2. The lowest BCUT2D eigenvalue weighted by Gasteiger charge is -2.06. The van der Waals surface area contributed by atoms with Gasteiger partial charge in [0.05, 0.1) is 12.2 Å². The molecular formula is C11H9N5O3S. The third kappa shape index (κ3) is 2.52. The molecule has 1 aliphatic heterocycles. The van der Waals surface area contributed by atoms with Crippen LogP contribution in [0.3, 0.4) is 0 Å². The molecule has 1 atom stereocenters. The Kier molecular flexibility index (Phi) is 3.42. The molecule has 1 amide bonds. The molecule has 0 spiro atoms. The van der Waals surface area contributed by atoms with Crippen LogP contribution >= 0.6 is 11.8 Å². The lowest BCUT2D eigenvalue weighted by atomic mass is 10.2. The van der Waals surface area contributed by atoms with Crippen molar-refractivity contribution in [3.05, 3.63) is 24.5 Å². The van der Waals surface area contributed by atoms with Gasteiger partial charge in [-0.2, -0.15) is 4.98 Å². The molecule has 0 saturated carbocycles. The number of thioether (sulfide) groups is 1. The Labute approximate surface area is 117 Å². The van der Waals surface area contributed by atoms with Gasteiger partial charge in [0.2, 0.25) is 10.9 Å². The molecule has 3 heterocycles. The molecular weight excluding hydrogens is 282 g/mol. The van der Waals surface area contributed by atoms with E-state index in [2.05, 4.69) is 25.4 Å². The number of carbonyl (C=O) groups is 2. The Morgan fingerprint density at radius 3 is 3.05 bits per heavy atom. The van der Waals surface area contributed by atoms with E-state index in [0.29, 0.717) is 17.9 Å². The Hall–Kier alpha value is -2.29. The maximum Gasteiger partial charge on any atom is 0.316 e. The number of hydrogen-bond donors (Lipinski definition) is 1. The Bertz CT molecular complexity index is 645. The van der Waals surface area contributed by atoms with E-state index in [1.165, 1.54) is 30.4 Å². The van der Waals surface area contributed by atoms with Crippen LogP contribution in [-0.2, 0) is 4.79 Å². The maximum atomic E-state index is 11.9. The molecule has 8 nitrogen and oxygen atoms in total. The van der Waals surface area contributed by atoms with Crippen LogP contribution in [0.15, 0.2) is 23.1 Å². The van der Waals surface area contributed by atoms with Crippen LogP contribution in [0.2, 0.25) is 0 Å². The lowest BCUT2D eigenvalue weighted by Crippen LogP contribution is -2.37. The van der Waals surface area contributed by atoms with Gasteiger partial charge in [-0.1, -0.05) is 16.9 Å². The Morgan fingerprint density at radius 2 is 2.35 bits per heavy atom. The summed E-state index contributed by atoms with van der Waals surface area (Å²) in [6, 6.07) is -0.487. The summed E-state index contributed by atoms with van der Waals surface area (Å²) in [5.74, 6) is 0.123. The molecule has 1 N–H and O–H groups in total. The van der Waals surface area contributed by atoms with Crippen LogP contribution in [0.25, 0.3) is 11.5 Å². The smallest absolute Gasteiger partial charge is 0.316 e. The van der Waals surface area contributed by atoms with E-state index in [0.717, 1.165) is 0 Å². The van der Waals surface area contributed by atoms with Gasteiger partial charge in [0.1, 0.15) is 5.69 Å². The number of nitrogens with one attached hydrogen (secondary N) is 1. The van der Waals surface area contributed by atoms with Crippen molar-refractivity contribution in [1.82, 2.24) is 25.4 Å². The van der Waals surface area contributed by atoms with Crippen LogP contribution in [0.4, 0.5) is 0 Å². The van der Waals surface area contributed by atoms with Crippen molar-refractivity contribution in [1.29, 1.82) is 0 Å². The number of nitrogens with zero attached hydrogens (tertiary/aromatic N) is 4. The van der Waals surface area contributed by atoms with E-state index in [9.17, 15) is 9.59 Å². The maximum absolute atomic E-state index is 11.9. The van der Waals surface area contributed by atoms with Crippen molar-refractivity contribution < 1.29 is 14.1 Å². The zero-order valence-electron chi connectivity index (χ0n) is 10.1. The highest BCUT2D eigenvalue weighted by molar-refractivity contribution is 8.14. The first kappa shape index (κ1) is 12.7. The second kappa shape index (κ2) is 5.37. The van der Waals surface area contributed by atoms with Gasteiger partial charge in [0.15, 0.2) is 0 Å². The first-order valence-corrected chi connectivity index (χ1v) is 6.80. The fourth-order valence-corrected chi connectivity index (χ4v) is 2.61. The van der Waals surface area contributed by atoms with Gasteiger partial charge in [-0.3, -0.25) is 14.6 Å². The van der Waals surface area contributed by atoms with Gasteiger partial charge in [0, 0.05) is 18.1 Å². The molecule has 2 aromatic heterocycles. The number of rotatable bonds is 3. The highest BCUT2D eigenvalue weighted by Crippen LogP contribution is 2.20. The second-order valence-corrected chi connectivity index (χ2v) is 5.10. The molecule has 0 bridgehead atoms. The average Bonchev–Trinajstić information content (AvgIpc) is 3.10. The summed E-state index contributed by atoms with van der Waals surface area (Å²) in [6.45, 7) is 0. The number of aromatic nitrogens is 4. The second-order valence-electron chi connectivity index (χ2n) is 4.00. The molecule has 2 aromatic rings. The van der Waals surface area contributed by atoms with Crippen molar-refractivity contribution in [3.63, 3.8) is 0 Å². The van der Waals surface area contributed by atoms with Crippen LogP contribution in [0.1, 0.15) is 17.1 Å². The summed E-state index contributed by atoms with van der Waals surface area (Å²) in [5, 5.41) is 6.18. The Balaban J connectivity index is 1.73. The highest BCUT2D eigenvalue weighted by atomic mass is 32.2. The van der Waals surface area contributed by atoms with Crippen LogP contribution in [0.5, 0.6) is 0 Å². The fraction of sp³-hybridized carbons (Fsp3) is 0.273. The van der Waals surface area contributed by atoms with Gasteiger partial charge in [-0.25, -0.2) is 4.98 Å². The fourth-order valence-electron chi connectivity index (χ4n) is 1.68. The summed E-state index contributed by atoms with van der Waals surface area (Å²) in [4.78, 5) is 35.1. The molecule has 3 rings (SSSR count). The monoisotopic (exact) mass is 291 g/mol. The van der Waals surface area contributed by atoms with Crippen molar-refractivity contribution in [2.24, 2.45) is 0 Å². The van der Waals surface area contributed by atoms with E-state index in [1.54, 1.807) is 0 Å². The Morgan fingerprint density at radius 1 is 1.45 bits per heavy atom. The topological polar surface area (TPSA) is 111 Å². The van der Waals surface area contributed by atoms with Gasteiger partial charge >= 0.3 is 11.8 Å². The average molecular weight is 291 g/mol.